The maximum atomic E-state index is 12.5. The molecule has 0 saturated heterocycles. The molecule has 0 aliphatic rings. The van der Waals surface area contributed by atoms with E-state index < -0.39 is 21.6 Å². The highest BCUT2D eigenvalue weighted by atomic mass is 35.5. The molecule has 7 nitrogen and oxygen atoms in total. The summed E-state index contributed by atoms with van der Waals surface area (Å²) < 4.78 is 32.6. The Morgan fingerprint density at radius 1 is 0.839 bits per heavy atom. The quantitative estimate of drug-likeness (QED) is 0.432. The van der Waals surface area contributed by atoms with Crippen LogP contribution in [0.2, 0.25) is 5.02 Å². The van der Waals surface area contributed by atoms with E-state index in [4.69, 9.17) is 16.0 Å². The van der Waals surface area contributed by atoms with Gasteiger partial charge in [-0.3, -0.25) is 9.52 Å². The Morgan fingerprint density at radius 2 is 1.52 bits per heavy atom. The lowest BCUT2D eigenvalue weighted by Crippen LogP contribution is -2.14. The molecule has 0 aliphatic heterocycles. The second-order valence-electron chi connectivity index (χ2n) is 6.60. The first kappa shape index (κ1) is 20.6. The molecule has 4 rings (SSSR count). The number of rotatable bonds is 5. The van der Waals surface area contributed by atoms with Crippen LogP contribution in [0.15, 0.2) is 93.0 Å². The molecule has 0 radical (unpaired) electrons. The van der Waals surface area contributed by atoms with Gasteiger partial charge in [0.05, 0.1) is 4.90 Å². The van der Waals surface area contributed by atoms with Gasteiger partial charge >= 0.3 is 5.63 Å². The second kappa shape index (κ2) is 8.25. The van der Waals surface area contributed by atoms with E-state index in [0.29, 0.717) is 27.4 Å². The molecule has 1 heterocycles. The zero-order chi connectivity index (χ0) is 22.0. The van der Waals surface area contributed by atoms with Crippen LogP contribution >= 0.6 is 11.6 Å². The van der Waals surface area contributed by atoms with Crippen molar-refractivity contribution in [3.05, 3.63) is 99.9 Å². The number of hydrogen-bond donors (Lipinski definition) is 2. The fourth-order valence-electron chi connectivity index (χ4n) is 2.87. The lowest BCUT2D eigenvalue weighted by atomic mass is 10.2. The Kier molecular flexibility index (Phi) is 5.50. The molecule has 2 N–H and O–H groups in total. The molecule has 0 saturated carbocycles. The summed E-state index contributed by atoms with van der Waals surface area (Å²) in [5, 5.41) is 3.89. The van der Waals surface area contributed by atoms with Crippen molar-refractivity contribution in [2.45, 2.75) is 4.90 Å². The standard InChI is InChI=1S/C22H15ClN2O5S/c23-16-4-6-17(7-5-16)25-31(28,29)19-9-1-14(2-10-19)22(27)24-18-8-11-20-15(13-18)3-12-21(26)30-20/h1-13,25H,(H,24,27). The third-order valence-electron chi connectivity index (χ3n) is 4.40. The van der Waals surface area contributed by atoms with E-state index in [2.05, 4.69) is 10.0 Å². The average molecular weight is 455 g/mol. The highest BCUT2D eigenvalue weighted by molar-refractivity contribution is 7.92. The van der Waals surface area contributed by atoms with Crippen LogP contribution < -0.4 is 15.7 Å². The highest BCUT2D eigenvalue weighted by Gasteiger charge is 2.15. The maximum Gasteiger partial charge on any atom is 0.336 e. The third kappa shape index (κ3) is 4.76. The van der Waals surface area contributed by atoms with Crippen molar-refractivity contribution >= 4 is 49.9 Å². The highest BCUT2D eigenvalue weighted by Crippen LogP contribution is 2.21. The van der Waals surface area contributed by atoms with Crippen LogP contribution in [0, 0.1) is 0 Å². The van der Waals surface area contributed by atoms with E-state index >= 15 is 0 Å². The third-order valence-corrected chi connectivity index (χ3v) is 6.05. The van der Waals surface area contributed by atoms with E-state index in [9.17, 15) is 18.0 Å². The number of halogens is 1. The van der Waals surface area contributed by atoms with Gasteiger partial charge in [0.2, 0.25) is 0 Å². The van der Waals surface area contributed by atoms with Crippen molar-refractivity contribution in [1.82, 2.24) is 0 Å². The Bertz CT molecular complexity index is 1430. The van der Waals surface area contributed by atoms with Gasteiger partial charge in [-0.25, -0.2) is 13.2 Å². The number of sulfonamides is 1. The summed E-state index contributed by atoms with van der Waals surface area (Å²) in [7, 11) is -3.82. The first-order chi connectivity index (χ1) is 14.8. The molecule has 156 valence electrons. The summed E-state index contributed by atoms with van der Waals surface area (Å²) in [5.41, 5.74) is 1.12. The minimum Gasteiger partial charge on any atom is -0.423 e. The molecule has 0 spiro atoms. The van der Waals surface area contributed by atoms with E-state index in [1.54, 1.807) is 48.5 Å². The molecular formula is C22H15ClN2O5S. The first-order valence-corrected chi connectivity index (χ1v) is 10.9. The summed E-state index contributed by atoms with van der Waals surface area (Å²) in [6.45, 7) is 0. The van der Waals surface area contributed by atoms with Crippen LogP contribution in [0.25, 0.3) is 11.0 Å². The zero-order valence-corrected chi connectivity index (χ0v) is 17.4. The number of amides is 1. The van der Waals surface area contributed by atoms with Gasteiger partial charge < -0.3 is 9.73 Å². The van der Waals surface area contributed by atoms with Gasteiger partial charge in [0.25, 0.3) is 15.9 Å². The minimum absolute atomic E-state index is 0.0136. The monoisotopic (exact) mass is 454 g/mol. The summed E-state index contributed by atoms with van der Waals surface area (Å²) >= 11 is 5.81. The van der Waals surface area contributed by atoms with Crippen LogP contribution in [0.5, 0.6) is 0 Å². The van der Waals surface area contributed by atoms with Crippen molar-refractivity contribution in [3.8, 4) is 0 Å². The number of hydrogen-bond acceptors (Lipinski definition) is 5. The van der Waals surface area contributed by atoms with Gasteiger partial charge in [-0.1, -0.05) is 11.6 Å². The number of carbonyl (C=O) groups is 1. The van der Waals surface area contributed by atoms with Crippen molar-refractivity contribution in [2.75, 3.05) is 10.0 Å². The molecule has 4 aromatic rings. The smallest absolute Gasteiger partial charge is 0.336 e. The Morgan fingerprint density at radius 3 is 2.23 bits per heavy atom. The van der Waals surface area contributed by atoms with E-state index in [-0.39, 0.29) is 10.5 Å². The van der Waals surface area contributed by atoms with Crippen molar-refractivity contribution < 1.29 is 17.6 Å². The van der Waals surface area contributed by atoms with Crippen LogP contribution in [-0.4, -0.2) is 14.3 Å². The number of anilines is 2. The summed E-state index contributed by atoms with van der Waals surface area (Å²) in [6, 6.07) is 19.6. The molecule has 3 aromatic carbocycles. The van der Waals surface area contributed by atoms with Crippen molar-refractivity contribution in [2.24, 2.45) is 0 Å². The minimum atomic E-state index is -3.82. The summed E-state index contributed by atoms with van der Waals surface area (Å²) in [6.07, 6.45) is 0. The summed E-state index contributed by atoms with van der Waals surface area (Å²) in [5.74, 6) is -0.411. The number of fused-ring (bicyclic) bond motifs is 1. The Labute approximate surface area is 182 Å². The average Bonchev–Trinajstić information content (AvgIpc) is 2.75. The van der Waals surface area contributed by atoms with Crippen LogP contribution in [-0.2, 0) is 10.0 Å². The molecule has 0 fully saturated rings. The van der Waals surface area contributed by atoms with Gasteiger partial charge in [-0.05, 0) is 72.8 Å². The topological polar surface area (TPSA) is 105 Å². The van der Waals surface area contributed by atoms with E-state index in [0.717, 1.165) is 0 Å². The predicted molar refractivity (Wildman–Crippen MR) is 119 cm³/mol. The van der Waals surface area contributed by atoms with Crippen LogP contribution in [0.3, 0.4) is 0 Å². The SMILES string of the molecule is O=C(Nc1ccc2oc(=O)ccc2c1)c1ccc(S(=O)(=O)Nc2ccc(Cl)cc2)cc1. The molecular weight excluding hydrogens is 440 g/mol. The van der Waals surface area contributed by atoms with Gasteiger partial charge in [-0.2, -0.15) is 0 Å². The molecule has 1 aromatic heterocycles. The van der Waals surface area contributed by atoms with Gasteiger partial charge in [0, 0.05) is 33.4 Å². The predicted octanol–water partition coefficient (Wildman–Crippen LogP) is 4.50. The fourth-order valence-corrected chi connectivity index (χ4v) is 4.05. The first-order valence-electron chi connectivity index (χ1n) is 9.04. The van der Waals surface area contributed by atoms with Gasteiger partial charge in [0.1, 0.15) is 5.58 Å². The van der Waals surface area contributed by atoms with E-state index in [1.165, 1.54) is 30.3 Å². The number of nitrogens with one attached hydrogen (secondary N) is 2. The molecule has 31 heavy (non-hydrogen) atoms. The number of carbonyl (C=O) groups excluding carboxylic acids is 1. The van der Waals surface area contributed by atoms with E-state index in [1.807, 2.05) is 0 Å². The normalized spacial score (nSPS) is 11.3. The van der Waals surface area contributed by atoms with Gasteiger partial charge in [-0.15, -0.1) is 0 Å². The maximum absolute atomic E-state index is 12.5. The van der Waals surface area contributed by atoms with Crippen molar-refractivity contribution in [1.29, 1.82) is 0 Å². The Balaban J connectivity index is 1.49. The Hall–Kier alpha value is -3.62. The second-order valence-corrected chi connectivity index (χ2v) is 8.72. The molecule has 0 bridgehead atoms. The van der Waals surface area contributed by atoms with Gasteiger partial charge in [0.15, 0.2) is 0 Å². The lowest BCUT2D eigenvalue weighted by Gasteiger charge is -2.09. The lowest BCUT2D eigenvalue weighted by molar-refractivity contribution is 0.102. The van der Waals surface area contributed by atoms with Crippen LogP contribution in [0.4, 0.5) is 11.4 Å². The molecule has 0 unspecified atom stereocenters. The van der Waals surface area contributed by atoms with Crippen molar-refractivity contribution in [3.63, 3.8) is 0 Å². The zero-order valence-electron chi connectivity index (χ0n) is 15.8. The molecule has 0 aliphatic carbocycles. The summed E-state index contributed by atoms with van der Waals surface area (Å²) in [4.78, 5) is 23.8. The molecule has 9 heteroatoms. The molecule has 0 atom stereocenters. The molecule has 1 amide bonds. The van der Waals surface area contributed by atoms with Crippen LogP contribution in [0.1, 0.15) is 10.4 Å². The largest absolute Gasteiger partial charge is 0.423 e. The number of benzene rings is 3. The fraction of sp³-hybridized carbons (Fsp3) is 0.